The first-order valence-corrected chi connectivity index (χ1v) is 4.37. The van der Waals surface area contributed by atoms with Gasteiger partial charge in [-0.1, -0.05) is 5.10 Å². The van der Waals surface area contributed by atoms with Crippen LogP contribution in [0.1, 0.15) is 19.8 Å². The molecule has 1 heterocycles. The molecule has 0 spiro atoms. The van der Waals surface area contributed by atoms with Crippen LogP contribution >= 0.6 is 0 Å². The summed E-state index contributed by atoms with van der Waals surface area (Å²) in [4.78, 5) is 12.5. The van der Waals surface area contributed by atoms with Gasteiger partial charge in [-0.3, -0.25) is 10.1 Å². The second-order valence-corrected chi connectivity index (χ2v) is 3.17. The highest BCUT2D eigenvalue weighted by atomic mass is 16.1. The minimum absolute atomic E-state index is 0.0237. The molecule has 0 fully saturated rings. The Kier molecular flexibility index (Phi) is 3.52. The van der Waals surface area contributed by atoms with Gasteiger partial charge >= 0.3 is 0 Å². The molecule has 0 saturated carbocycles. The van der Waals surface area contributed by atoms with Gasteiger partial charge in [-0.05, 0) is 18.6 Å². The maximum Gasteiger partial charge on any atom is 0.270 e. The van der Waals surface area contributed by atoms with Gasteiger partial charge in [0, 0.05) is 12.5 Å². The lowest BCUT2D eigenvalue weighted by molar-refractivity contribution is -0.116. The molecule has 1 atom stereocenters. The van der Waals surface area contributed by atoms with Crippen LogP contribution in [0.3, 0.4) is 0 Å². The molecule has 3 N–H and O–H groups in total. The standard InChI is InChI=1S/C7H14N6O/c1-5(8)3-4-6(14)9-7-10-12-13(2)11-7/h5H,3-4,8H2,1-2H3,(H,9,11,14). The highest BCUT2D eigenvalue weighted by Crippen LogP contribution is 1.98. The van der Waals surface area contributed by atoms with E-state index in [1.54, 1.807) is 7.05 Å². The number of nitrogens with two attached hydrogens (primary N) is 1. The fourth-order valence-corrected chi connectivity index (χ4v) is 0.880. The molecule has 1 unspecified atom stereocenters. The normalized spacial score (nSPS) is 12.5. The molecule has 14 heavy (non-hydrogen) atoms. The van der Waals surface area contributed by atoms with Crippen LogP contribution in [0.4, 0.5) is 5.95 Å². The summed E-state index contributed by atoms with van der Waals surface area (Å²) >= 11 is 0. The third-order valence-electron chi connectivity index (χ3n) is 1.59. The van der Waals surface area contributed by atoms with Gasteiger partial charge in [0.1, 0.15) is 0 Å². The Morgan fingerprint density at radius 3 is 2.93 bits per heavy atom. The van der Waals surface area contributed by atoms with Crippen LogP contribution in [0.2, 0.25) is 0 Å². The highest BCUT2D eigenvalue weighted by molar-refractivity contribution is 5.88. The lowest BCUT2D eigenvalue weighted by Gasteiger charge is -2.03. The molecule has 7 heteroatoms. The second kappa shape index (κ2) is 4.66. The first-order valence-electron chi connectivity index (χ1n) is 4.37. The van der Waals surface area contributed by atoms with Crippen LogP contribution < -0.4 is 11.1 Å². The number of hydrogen-bond acceptors (Lipinski definition) is 5. The minimum Gasteiger partial charge on any atom is -0.328 e. The lowest BCUT2D eigenvalue weighted by atomic mass is 10.2. The first kappa shape index (κ1) is 10.6. The Bertz CT molecular complexity index is 307. The Hall–Kier alpha value is -1.50. The van der Waals surface area contributed by atoms with Gasteiger partial charge in [0.25, 0.3) is 5.95 Å². The predicted molar refractivity (Wildman–Crippen MR) is 50.3 cm³/mol. The third kappa shape index (κ3) is 3.48. The number of aromatic nitrogens is 4. The molecular formula is C7H14N6O. The average molecular weight is 198 g/mol. The van der Waals surface area contributed by atoms with Gasteiger partial charge in [-0.15, -0.1) is 5.10 Å². The van der Waals surface area contributed by atoms with Crippen LogP contribution in [-0.2, 0) is 11.8 Å². The Morgan fingerprint density at radius 2 is 2.43 bits per heavy atom. The number of hydrogen-bond donors (Lipinski definition) is 2. The molecule has 0 aliphatic heterocycles. The molecule has 0 bridgehead atoms. The molecule has 0 aliphatic rings. The lowest BCUT2D eigenvalue weighted by Crippen LogP contribution is -2.19. The van der Waals surface area contributed by atoms with Crippen molar-refractivity contribution in [2.45, 2.75) is 25.8 Å². The molecule has 0 radical (unpaired) electrons. The van der Waals surface area contributed by atoms with Crippen molar-refractivity contribution in [3.63, 3.8) is 0 Å². The van der Waals surface area contributed by atoms with E-state index in [2.05, 4.69) is 20.7 Å². The Labute approximate surface area is 81.7 Å². The fourth-order valence-electron chi connectivity index (χ4n) is 0.880. The molecule has 1 rings (SSSR count). The van der Waals surface area contributed by atoms with Crippen LogP contribution in [0.5, 0.6) is 0 Å². The number of carbonyl (C=O) groups is 1. The van der Waals surface area contributed by atoms with Gasteiger partial charge in [-0.25, -0.2) is 0 Å². The van der Waals surface area contributed by atoms with Crippen LogP contribution in [-0.4, -0.2) is 32.2 Å². The number of rotatable bonds is 4. The number of nitrogens with one attached hydrogen (secondary N) is 1. The molecule has 1 aromatic heterocycles. The van der Waals surface area contributed by atoms with E-state index < -0.39 is 0 Å². The molecular weight excluding hydrogens is 184 g/mol. The summed E-state index contributed by atoms with van der Waals surface area (Å²) in [5, 5.41) is 13.5. The van der Waals surface area contributed by atoms with E-state index in [1.165, 1.54) is 4.80 Å². The molecule has 7 nitrogen and oxygen atoms in total. The fraction of sp³-hybridized carbons (Fsp3) is 0.714. The van der Waals surface area contributed by atoms with Gasteiger partial charge in [0.05, 0.1) is 7.05 Å². The van der Waals surface area contributed by atoms with Crippen LogP contribution in [0, 0.1) is 0 Å². The summed E-state index contributed by atoms with van der Waals surface area (Å²) in [5.74, 6) is 0.0810. The van der Waals surface area contributed by atoms with Crippen molar-refractivity contribution in [3.05, 3.63) is 0 Å². The van der Waals surface area contributed by atoms with Crippen molar-refractivity contribution in [1.82, 2.24) is 20.2 Å². The van der Waals surface area contributed by atoms with E-state index >= 15 is 0 Å². The molecule has 78 valence electrons. The van der Waals surface area contributed by atoms with Crippen molar-refractivity contribution in [1.29, 1.82) is 0 Å². The molecule has 0 aliphatic carbocycles. The van der Waals surface area contributed by atoms with Gasteiger partial charge < -0.3 is 5.73 Å². The number of aryl methyl sites for hydroxylation is 1. The third-order valence-corrected chi connectivity index (χ3v) is 1.59. The van der Waals surface area contributed by atoms with Gasteiger partial charge in [0.2, 0.25) is 5.91 Å². The van der Waals surface area contributed by atoms with Crippen LogP contribution in [0.15, 0.2) is 0 Å². The van der Waals surface area contributed by atoms with Gasteiger partial charge in [0.15, 0.2) is 0 Å². The van der Waals surface area contributed by atoms with E-state index in [9.17, 15) is 4.79 Å². The Balaban J connectivity index is 2.34. The molecule has 0 aromatic carbocycles. The quantitative estimate of drug-likeness (QED) is 0.665. The summed E-state index contributed by atoms with van der Waals surface area (Å²) in [7, 11) is 1.63. The monoisotopic (exact) mass is 198 g/mol. The number of carbonyl (C=O) groups excluding carboxylic acids is 1. The summed E-state index contributed by atoms with van der Waals surface area (Å²) < 4.78 is 0. The van der Waals surface area contributed by atoms with Crippen molar-refractivity contribution < 1.29 is 4.79 Å². The zero-order valence-corrected chi connectivity index (χ0v) is 8.27. The predicted octanol–water partition coefficient (Wildman–Crippen LogP) is -0.724. The number of anilines is 1. The summed E-state index contributed by atoms with van der Waals surface area (Å²) in [6.07, 6.45) is 1.02. The smallest absolute Gasteiger partial charge is 0.270 e. The zero-order valence-electron chi connectivity index (χ0n) is 8.27. The van der Waals surface area contributed by atoms with E-state index in [-0.39, 0.29) is 17.9 Å². The highest BCUT2D eigenvalue weighted by Gasteiger charge is 2.06. The topological polar surface area (TPSA) is 98.7 Å². The SMILES string of the molecule is CC(N)CCC(=O)Nc1nnn(C)n1. The second-order valence-electron chi connectivity index (χ2n) is 3.17. The van der Waals surface area contributed by atoms with Crippen molar-refractivity contribution in [2.75, 3.05) is 5.32 Å². The maximum atomic E-state index is 11.2. The largest absolute Gasteiger partial charge is 0.328 e. The average Bonchev–Trinajstić information content (AvgIpc) is 2.48. The molecule has 1 aromatic rings. The van der Waals surface area contributed by atoms with E-state index in [1.807, 2.05) is 6.92 Å². The maximum absolute atomic E-state index is 11.2. The first-order chi connectivity index (χ1) is 6.58. The molecule has 0 saturated heterocycles. The van der Waals surface area contributed by atoms with E-state index in [0.29, 0.717) is 12.8 Å². The zero-order chi connectivity index (χ0) is 10.6. The van der Waals surface area contributed by atoms with E-state index in [0.717, 1.165) is 0 Å². The van der Waals surface area contributed by atoms with Crippen molar-refractivity contribution in [2.24, 2.45) is 12.8 Å². The van der Waals surface area contributed by atoms with Crippen LogP contribution in [0.25, 0.3) is 0 Å². The van der Waals surface area contributed by atoms with Gasteiger partial charge in [-0.2, -0.15) is 4.80 Å². The summed E-state index contributed by atoms with van der Waals surface area (Å²) in [6, 6.07) is 0.0237. The van der Waals surface area contributed by atoms with Crippen molar-refractivity contribution in [3.8, 4) is 0 Å². The minimum atomic E-state index is -0.143. The van der Waals surface area contributed by atoms with E-state index in [4.69, 9.17) is 5.73 Å². The number of amides is 1. The Morgan fingerprint density at radius 1 is 1.71 bits per heavy atom. The summed E-state index contributed by atoms with van der Waals surface area (Å²) in [6.45, 7) is 1.86. The molecule has 1 amide bonds. The number of tetrazole rings is 1. The van der Waals surface area contributed by atoms with Crippen molar-refractivity contribution >= 4 is 11.9 Å². The number of nitrogens with zero attached hydrogens (tertiary/aromatic N) is 4. The summed E-state index contributed by atoms with van der Waals surface area (Å²) in [5.41, 5.74) is 5.51.